The molecule has 0 aliphatic heterocycles. The molecule has 1 aromatic carbocycles. The van der Waals surface area contributed by atoms with Gasteiger partial charge < -0.3 is 25.2 Å². The van der Waals surface area contributed by atoms with E-state index in [4.69, 9.17) is 26.2 Å². The number of ether oxygens (including phenoxy) is 2. The second kappa shape index (κ2) is 6.85. The van der Waals surface area contributed by atoms with Crippen LogP contribution in [0.1, 0.15) is 6.92 Å². The van der Waals surface area contributed by atoms with Crippen LogP contribution in [0, 0.1) is 0 Å². The molecule has 0 spiro atoms. The number of aliphatic carboxylic acids is 1. The molecular formula is C12H15ClN2O5. The molecule has 0 saturated heterocycles. The number of urea groups is 1. The summed E-state index contributed by atoms with van der Waals surface area (Å²) >= 11 is 5.95. The molecule has 0 aliphatic rings. The Balaban J connectivity index is 2.89. The molecule has 8 heteroatoms. The Morgan fingerprint density at radius 2 is 1.85 bits per heavy atom. The van der Waals surface area contributed by atoms with Gasteiger partial charge in [-0.25, -0.2) is 4.79 Å². The fourth-order valence-corrected chi connectivity index (χ4v) is 1.62. The number of nitrogens with one attached hydrogen (secondary N) is 2. The number of amides is 2. The molecule has 0 radical (unpaired) electrons. The molecule has 3 N–H and O–H groups in total. The highest BCUT2D eigenvalue weighted by atomic mass is 35.5. The smallest absolute Gasteiger partial charge is 0.325 e. The van der Waals surface area contributed by atoms with Crippen LogP contribution in [0.15, 0.2) is 12.1 Å². The summed E-state index contributed by atoms with van der Waals surface area (Å²) in [6, 6.07) is 1.26. The lowest BCUT2D eigenvalue weighted by molar-refractivity contribution is -0.138. The van der Waals surface area contributed by atoms with Crippen molar-refractivity contribution in [1.29, 1.82) is 0 Å². The molecule has 2 amide bonds. The van der Waals surface area contributed by atoms with Crippen molar-refractivity contribution in [1.82, 2.24) is 5.32 Å². The molecular weight excluding hydrogens is 288 g/mol. The van der Waals surface area contributed by atoms with Gasteiger partial charge in [-0.1, -0.05) is 11.6 Å². The number of carboxylic acids is 1. The number of benzene rings is 1. The summed E-state index contributed by atoms with van der Waals surface area (Å²) in [5, 5.41) is 13.7. The number of carboxylic acid groups (broad SMARTS) is 1. The molecule has 0 heterocycles. The molecule has 110 valence electrons. The Morgan fingerprint density at radius 1 is 1.25 bits per heavy atom. The Morgan fingerprint density at radius 3 is 2.35 bits per heavy atom. The van der Waals surface area contributed by atoms with Crippen molar-refractivity contribution in [2.45, 2.75) is 13.0 Å². The SMILES string of the molecule is COc1cc(OC)c(NC(=O)N[C@H](C)C(=O)O)cc1Cl. The molecule has 20 heavy (non-hydrogen) atoms. The van der Waals surface area contributed by atoms with E-state index >= 15 is 0 Å². The summed E-state index contributed by atoms with van der Waals surface area (Å²) in [4.78, 5) is 22.3. The van der Waals surface area contributed by atoms with E-state index in [1.54, 1.807) is 0 Å². The average Bonchev–Trinajstić information content (AvgIpc) is 2.38. The van der Waals surface area contributed by atoms with E-state index in [9.17, 15) is 9.59 Å². The van der Waals surface area contributed by atoms with E-state index in [0.29, 0.717) is 17.2 Å². The number of methoxy groups -OCH3 is 2. The van der Waals surface area contributed by atoms with Crippen LogP contribution in [-0.2, 0) is 4.79 Å². The highest BCUT2D eigenvalue weighted by molar-refractivity contribution is 6.32. The first-order valence-electron chi connectivity index (χ1n) is 5.60. The van der Waals surface area contributed by atoms with Crippen LogP contribution in [0.4, 0.5) is 10.5 Å². The molecule has 1 aromatic rings. The second-order valence-electron chi connectivity index (χ2n) is 3.85. The van der Waals surface area contributed by atoms with Crippen LogP contribution in [0.5, 0.6) is 11.5 Å². The van der Waals surface area contributed by atoms with Gasteiger partial charge in [0.05, 0.1) is 24.9 Å². The Bertz CT molecular complexity index is 521. The fourth-order valence-electron chi connectivity index (χ4n) is 1.37. The van der Waals surface area contributed by atoms with E-state index in [-0.39, 0.29) is 5.02 Å². The third-order valence-corrected chi connectivity index (χ3v) is 2.74. The van der Waals surface area contributed by atoms with Crippen molar-refractivity contribution >= 4 is 29.3 Å². The van der Waals surface area contributed by atoms with E-state index in [2.05, 4.69) is 10.6 Å². The topological polar surface area (TPSA) is 96.9 Å². The summed E-state index contributed by atoms with van der Waals surface area (Å²) in [7, 11) is 2.88. The quantitative estimate of drug-likeness (QED) is 0.772. The van der Waals surface area contributed by atoms with E-state index in [0.717, 1.165) is 0 Å². The van der Waals surface area contributed by atoms with Crippen LogP contribution < -0.4 is 20.1 Å². The summed E-state index contributed by atoms with van der Waals surface area (Å²) < 4.78 is 10.1. The van der Waals surface area contributed by atoms with Gasteiger partial charge in [-0.15, -0.1) is 0 Å². The number of anilines is 1. The minimum atomic E-state index is -1.14. The molecule has 1 atom stereocenters. The number of carbonyl (C=O) groups is 2. The Kier molecular flexibility index (Phi) is 5.45. The summed E-state index contributed by atoms with van der Waals surface area (Å²) in [6.07, 6.45) is 0. The number of hydrogen-bond acceptors (Lipinski definition) is 4. The zero-order valence-electron chi connectivity index (χ0n) is 11.2. The molecule has 0 fully saturated rings. The van der Waals surface area contributed by atoms with Gasteiger partial charge in [0.15, 0.2) is 0 Å². The van der Waals surface area contributed by atoms with Crippen molar-refractivity contribution in [3.8, 4) is 11.5 Å². The van der Waals surface area contributed by atoms with Gasteiger partial charge in [0.25, 0.3) is 0 Å². The molecule has 7 nitrogen and oxygen atoms in total. The summed E-state index contributed by atoms with van der Waals surface area (Å²) in [5.74, 6) is -0.405. The van der Waals surface area contributed by atoms with Crippen LogP contribution in [0.25, 0.3) is 0 Å². The Hall–Kier alpha value is -2.15. The maximum atomic E-state index is 11.6. The van der Waals surface area contributed by atoms with E-state index in [1.807, 2.05) is 0 Å². The molecule has 1 rings (SSSR count). The second-order valence-corrected chi connectivity index (χ2v) is 4.25. The third-order valence-electron chi connectivity index (χ3n) is 2.44. The van der Waals surface area contributed by atoms with E-state index < -0.39 is 18.0 Å². The maximum Gasteiger partial charge on any atom is 0.325 e. The van der Waals surface area contributed by atoms with Gasteiger partial charge in [-0.05, 0) is 13.0 Å². The fraction of sp³-hybridized carbons (Fsp3) is 0.333. The predicted molar refractivity (Wildman–Crippen MR) is 73.8 cm³/mol. The standard InChI is InChI=1S/C12H15ClN2O5/c1-6(11(16)17)14-12(18)15-8-4-7(13)9(19-2)5-10(8)20-3/h4-6H,1-3H3,(H,16,17)(H2,14,15,18)/t6-/m1/s1. The van der Waals surface area contributed by atoms with Crippen LogP contribution >= 0.6 is 11.6 Å². The molecule has 0 aliphatic carbocycles. The largest absolute Gasteiger partial charge is 0.495 e. The lowest BCUT2D eigenvalue weighted by Gasteiger charge is -2.14. The lowest BCUT2D eigenvalue weighted by atomic mass is 10.2. The van der Waals surface area contributed by atoms with Gasteiger partial charge in [0.1, 0.15) is 17.5 Å². The lowest BCUT2D eigenvalue weighted by Crippen LogP contribution is -2.40. The minimum Gasteiger partial charge on any atom is -0.495 e. The number of rotatable bonds is 5. The van der Waals surface area contributed by atoms with Crippen molar-refractivity contribution in [2.75, 3.05) is 19.5 Å². The zero-order chi connectivity index (χ0) is 15.3. The highest BCUT2D eigenvalue weighted by Gasteiger charge is 2.16. The van der Waals surface area contributed by atoms with Crippen LogP contribution in [0.2, 0.25) is 5.02 Å². The summed E-state index contributed by atoms with van der Waals surface area (Å²) in [5.41, 5.74) is 0.299. The molecule has 0 saturated carbocycles. The molecule has 0 bridgehead atoms. The monoisotopic (exact) mass is 302 g/mol. The minimum absolute atomic E-state index is 0.287. The van der Waals surface area contributed by atoms with Crippen molar-refractivity contribution < 1.29 is 24.2 Å². The normalized spacial score (nSPS) is 11.4. The van der Waals surface area contributed by atoms with Gasteiger partial charge in [-0.2, -0.15) is 0 Å². The molecule has 0 unspecified atom stereocenters. The number of halogens is 1. The maximum absolute atomic E-state index is 11.6. The summed E-state index contributed by atoms with van der Waals surface area (Å²) in [6.45, 7) is 1.35. The van der Waals surface area contributed by atoms with Gasteiger partial charge in [-0.3, -0.25) is 4.79 Å². The highest BCUT2D eigenvalue weighted by Crippen LogP contribution is 2.35. The first-order valence-corrected chi connectivity index (χ1v) is 5.98. The van der Waals surface area contributed by atoms with Crippen molar-refractivity contribution in [3.05, 3.63) is 17.2 Å². The number of carbonyl (C=O) groups excluding carboxylic acids is 1. The molecule has 0 aromatic heterocycles. The van der Waals surface area contributed by atoms with E-state index in [1.165, 1.54) is 33.3 Å². The Labute approximate surface area is 120 Å². The van der Waals surface area contributed by atoms with Gasteiger partial charge in [0.2, 0.25) is 0 Å². The first kappa shape index (κ1) is 15.9. The average molecular weight is 303 g/mol. The number of hydrogen-bond donors (Lipinski definition) is 3. The van der Waals surface area contributed by atoms with Gasteiger partial charge in [0, 0.05) is 6.07 Å². The first-order chi connectivity index (χ1) is 9.38. The van der Waals surface area contributed by atoms with Crippen LogP contribution in [-0.4, -0.2) is 37.4 Å². The van der Waals surface area contributed by atoms with Crippen LogP contribution in [0.3, 0.4) is 0 Å². The van der Waals surface area contributed by atoms with Crippen molar-refractivity contribution in [3.63, 3.8) is 0 Å². The zero-order valence-corrected chi connectivity index (χ0v) is 11.9. The third kappa shape index (κ3) is 3.92. The van der Waals surface area contributed by atoms with Crippen molar-refractivity contribution in [2.24, 2.45) is 0 Å². The predicted octanol–water partition coefficient (Wildman–Crippen LogP) is 1.95. The van der Waals surface area contributed by atoms with Gasteiger partial charge >= 0.3 is 12.0 Å².